The molecule has 0 radical (unpaired) electrons. The van der Waals surface area contributed by atoms with E-state index < -0.39 is 36.8 Å². The number of nitrogens with one attached hydrogen (secondary N) is 1. The van der Waals surface area contributed by atoms with E-state index in [1.807, 2.05) is 54.6 Å². The van der Waals surface area contributed by atoms with Gasteiger partial charge in [0.1, 0.15) is 31.5 Å². The molecule has 1 aromatic heterocycles. The van der Waals surface area contributed by atoms with Gasteiger partial charge in [-0.2, -0.15) is 0 Å². The van der Waals surface area contributed by atoms with Gasteiger partial charge in [-0.1, -0.05) is 84.9 Å². The number of carbonyl (C=O) groups is 1. The van der Waals surface area contributed by atoms with E-state index in [1.54, 1.807) is 0 Å². The van der Waals surface area contributed by atoms with Crippen LogP contribution in [0.15, 0.2) is 97.1 Å². The van der Waals surface area contributed by atoms with Crippen molar-refractivity contribution in [2.45, 2.75) is 88.9 Å². The molecule has 0 saturated carbocycles. The van der Waals surface area contributed by atoms with Crippen molar-refractivity contribution in [1.82, 2.24) is 14.8 Å². The predicted molar refractivity (Wildman–Crippen MR) is 212 cm³/mol. The maximum Gasteiger partial charge on any atom is 0.407 e. The average molecular weight is 762 g/mol. The average Bonchev–Trinajstić information content (AvgIpc) is 3.73. The first-order chi connectivity index (χ1) is 27.3. The number of rotatable bonds is 12. The number of aryl methyl sites for hydroxylation is 2. The number of hydrogen-bond donors (Lipinski definition) is 4. The highest BCUT2D eigenvalue weighted by molar-refractivity contribution is 5.79. The van der Waals surface area contributed by atoms with E-state index in [4.69, 9.17) is 14.2 Å². The number of hydrogen-bond acceptors (Lipinski definition) is 8. The summed E-state index contributed by atoms with van der Waals surface area (Å²) in [6.45, 7) is 8.24. The summed E-state index contributed by atoms with van der Waals surface area (Å²) in [6, 6.07) is 32.8. The van der Waals surface area contributed by atoms with Crippen LogP contribution in [-0.2, 0) is 33.8 Å². The molecule has 4 N–H and O–H groups in total. The third-order valence-corrected chi connectivity index (χ3v) is 12.0. The van der Waals surface area contributed by atoms with E-state index >= 15 is 0 Å². The van der Waals surface area contributed by atoms with Crippen molar-refractivity contribution in [3.63, 3.8) is 0 Å². The molecule has 8 rings (SSSR count). The molecule has 11 heteroatoms. The van der Waals surface area contributed by atoms with E-state index in [-0.39, 0.29) is 25.7 Å². The zero-order valence-corrected chi connectivity index (χ0v) is 32.2. The molecule has 2 aliphatic heterocycles. The molecule has 5 atom stereocenters. The second-order valence-electron chi connectivity index (χ2n) is 15.2. The summed E-state index contributed by atoms with van der Waals surface area (Å²) in [6.07, 6.45) is -3.68. The number of alkyl carbamates (subject to hydrolysis) is 1. The van der Waals surface area contributed by atoms with Crippen LogP contribution in [0.4, 0.5) is 4.79 Å². The van der Waals surface area contributed by atoms with Gasteiger partial charge in [-0.15, -0.1) is 0 Å². The molecule has 294 valence electrons. The largest absolute Gasteiger partial charge is 0.449 e. The molecule has 3 aliphatic rings. The highest BCUT2D eigenvalue weighted by Crippen LogP contribution is 2.44. The second kappa shape index (κ2) is 16.9. The topological polar surface area (TPSA) is 130 Å². The van der Waals surface area contributed by atoms with Crippen molar-refractivity contribution < 1.29 is 38.9 Å². The summed E-state index contributed by atoms with van der Waals surface area (Å²) in [5, 5.41) is 35.8. The normalized spacial score (nSPS) is 21.4. The highest BCUT2D eigenvalue weighted by Gasteiger charge is 2.40. The Kier molecular flexibility index (Phi) is 11.5. The Bertz CT molecular complexity index is 2090. The van der Waals surface area contributed by atoms with Crippen LogP contribution in [0, 0.1) is 0 Å². The van der Waals surface area contributed by atoms with Crippen LogP contribution in [0.1, 0.15) is 72.9 Å². The van der Waals surface area contributed by atoms with E-state index in [2.05, 4.69) is 75.7 Å². The van der Waals surface area contributed by atoms with Gasteiger partial charge in [0.15, 0.2) is 17.3 Å². The van der Waals surface area contributed by atoms with Gasteiger partial charge >= 0.3 is 6.09 Å². The fraction of sp³-hybridized carbons (Fsp3) is 0.422. The van der Waals surface area contributed by atoms with E-state index in [0.717, 1.165) is 61.4 Å². The molecule has 56 heavy (non-hydrogen) atoms. The van der Waals surface area contributed by atoms with Gasteiger partial charge in [0, 0.05) is 18.0 Å². The fourth-order valence-electron chi connectivity index (χ4n) is 9.05. The lowest BCUT2D eigenvalue weighted by atomic mass is 9.89. The minimum Gasteiger partial charge on any atom is -0.449 e. The van der Waals surface area contributed by atoms with Crippen molar-refractivity contribution in [3.8, 4) is 11.1 Å². The molecule has 1 amide bonds. The molecule has 3 unspecified atom stereocenters. The summed E-state index contributed by atoms with van der Waals surface area (Å²) in [5.74, 6) is 1.38. The lowest BCUT2D eigenvalue weighted by Gasteiger charge is -2.39. The van der Waals surface area contributed by atoms with Gasteiger partial charge in [0.2, 0.25) is 0 Å². The number of aliphatic hydroxyl groups excluding tert-OH is 3. The van der Waals surface area contributed by atoms with Crippen molar-refractivity contribution in [3.05, 3.63) is 125 Å². The second-order valence-corrected chi connectivity index (χ2v) is 15.2. The third-order valence-electron chi connectivity index (χ3n) is 12.0. The van der Waals surface area contributed by atoms with Crippen LogP contribution in [0.5, 0.6) is 0 Å². The molecule has 0 spiro atoms. The number of benzene rings is 4. The van der Waals surface area contributed by atoms with Gasteiger partial charge in [0.25, 0.3) is 5.82 Å². The van der Waals surface area contributed by atoms with Gasteiger partial charge in [-0.25, -0.2) is 13.9 Å². The molecule has 3 heterocycles. The van der Waals surface area contributed by atoms with Crippen LogP contribution >= 0.6 is 0 Å². The number of β-amino-alcohol motifs (C(OH)–C–C–N with tert-alkyl or cyclic N) is 1. The fourth-order valence-corrected chi connectivity index (χ4v) is 9.05. The molecular weight excluding hydrogens is 709 g/mol. The van der Waals surface area contributed by atoms with Crippen molar-refractivity contribution >= 4 is 17.1 Å². The molecular formula is C45H53N4O7+. The van der Waals surface area contributed by atoms with Gasteiger partial charge in [-0.3, -0.25) is 0 Å². The summed E-state index contributed by atoms with van der Waals surface area (Å²) < 4.78 is 22.0. The quantitative estimate of drug-likeness (QED) is 0.125. The Balaban J connectivity index is 0.876. The summed E-state index contributed by atoms with van der Waals surface area (Å²) in [7, 11) is 0. The molecule has 0 bridgehead atoms. The number of likely N-dealkylation sites (tertiary alicyclic amines) is 1. The number of amides is 1. The first kappa shape index (κ1) is 38.3. The Morgan fingerprint density at radius 3 is 2.27 bits per heavy atom. The van der Waals surface area contributed by atoms with Crippen LogP contribution < -0.4 is 9.88 Å². The van der Waals surface area contributed by atoms with E-state index in [0.29, 0.717) is 12.5 Å². The number of fused-ring (bicyclic) bond motifs is 4. The SMILES string of the molecule is CCn1c(CNC(=O)OCC2c3ccccc3-c3ccccc32)[n+](CC)c2ccc(C3CCN(CC(O)C(O)[C@@H]4OC(c5ccccc5)OC[C@H]4O)CC3)cc21. The van der Waals surface area contributed by atoms with Crippen LogP contribution in [0.3, 0.4) is 0 Å². The third kappa shape index (κ3) is 7.59. The van der Waals surface area contributed by atoms with Gasteiger partial charge in [-0.05, 0) is 85.6 Å². The zero-order valence-electron chi connectivity index (χ0n) is 32.2. The minimum atomic E-state index is -1.26. The van der Waals surface area contributed by atoms with Crippen molar-refractivity contribution in [1.29, 1.82) is 0 Å². The van der Waals surface area contributed by atoms with Crippen molar-refractivity contribution in [2.75, 3.05) is 32.8 Å². The van der Waals surface area contributed by atoms with Gasteiger partial charge < -0.3 is 39.7 Å². The van der Waals surface area contributed by atoms with Gasteiger partial charge in [0.05, 0.1) is 25.8 Å². The zero-order chi connectivity index (χ0) is 38.8. The molecule has 2 fully saturated rings. The Hall–Kier alpha value is -4.62. The lowest BCUT2D eigenvalue weighted by Crippen LogP contribution is -2.54. The summed E-state index contributed by atoms with van der Waals surface area (Å²) >= 11 is 0. The Morgan fingerprint density at radius 1 is 0.911 bits per heavy atom. The molecule has 11 nitrogen and oxygen atoms in total. The molecule has 1 aliphatic carbocycles. The lowest BCUT2D eigenvalue weighted by molar-refractivity contribution is -0.676. The van der Waals surface area contributed by atoms with Crippen LogP contribution in [0.2, 0.25) is 0 Å². The van der Waals surface area contributed by atoms with Crippen molar-refractivity contribution in [2.24, 2.45) is 0 Å². The monoisotopic (exact) mass is 761 g/mol. The number of aromatic nitrogens is 2. The van der Waals surface area contributed by atoms with Crippen LogP contribution in [-0.4, -0.2) is 88.1 Å². The highest BCUT2D eigenvalue weighted by atomic mass is 16.7. The maximum absolute atomic E-state index is 13.2. The number of nitrogens with zero attached hydrogens (tertiary/aromatic N) is 3. The van der Waals surface area contributed by atoms with E-state index in [9.17, 15) is 20.1 Å². The molecule has 5 aromatic rings. The minimum absolute atomic E-state index is 0.00627. The first-order valence-electron chi connectivity index (χ1n) is 20.1. The number of imidazole rings is 1. The smallest absolute Gasteiger partial charge is 0.407 e. The van der Waals surface area contributed by atoms with E-state index in [1.165, 1.54) is 27.8 Å². The Morgan fingerprint density at radius 2 is 1.59 bits per heavy atom. The number of carbonyl (C=O) groups excluding carboxylic acids is 1. The number of piperidine rings is 1. The standard InChI is InChI=1S/C45H52N4O7/c1-3-48-37-19-18-31(29-20-22-47(23-21-29)26-39(50)42(52)43-40(51)28-54-44(56-43)30-12-6-5-7-13-30)24-38(37)49(4-2)41(48)25-46-45(53)55-27-36-34-16-10-8-14-32(34)33-15-9-11-17-35(33)36/h5-19,24,29,36,39-40,42-44,50-52H,3-4,20-23,25-28H2,1-2H3/p+1/t39?,40-,42?,43-,44?/m1/s1. The summed E-state index contributed by atoms with van der Waals surface area (Å²) in [4.78, 5) is 15.3. The Labute approximate surface area is 328 Å². The van der Waals surface area contributed by atoms with Crippen LogP contribution in [0.25, 0.3) is 22.2 Å². The number of aliphatic hydroxyl groups is 3. The molecule has 2 saturated heterocycles. The maximum atomic E-state index is 13.2. The first-order valence-corrected chi connectivity index (χ1v) is 20.1. The predicted octanol–water partition coefficient (Wildman–Crippen LogP) is 5.38. The number of ether oxygens (including phenoxy) is 3. The molecule has 4 aromatic carbocycles. The summed E-state index contributed by atoms with van der Waals surface area (Å²) in [5.41, 5.74) is 9.12.